The standard InChI is InChI=1S/C12H18N2O5S/c1-3-8-12(20(17,18)19,14(16)11(13)15)10-7-5-4-6-9(10)2/h4-7,16H,3,8H2,1-2H3,(H2,13,15)(H,17,18,19). The summed E-state index contributed by atoms with van der Waals surface area (Å²) in [6.45, 7) is 3.27. The lowest BCUT2D eigenvalue weighted by molar-refractivity contribution is -0.100. The molecule has 0 aromatic heterocycles. The highest BCUT2D eigenvalue weighted by Crippen LogP contribution is 2.39. The summed E-state index contributed by atoms with van der Waals surface area (Å²) in [5, 5.41) is 9.78. The molecule has 0 aliphatic carbocycles. The lowest BCUT2D eigenvalue weighted by atomic mass is 9.96. The van der Waals surface area contributed by atoms with Gasteiger partial charge in [-0.25, -0.2) is 4.79 Å². The molecule has 8 heteroatoms. The van der Waals surface area contributed by atoms with Crippen molar-refractivity contribution in [2.24, 2.45) is 5.73 Å². The van der Waals surface area contributed by atoms with Crippen molar-refractivity contribution in [1.29, 1.82) is 0 Å². The van der Waals surface area contributed by atoms with E-state index in [1.165, 1.54) is 6.07 Å². The molecule has 4 N–H and O–H groups in total. The number of nitrogens with two attached hydrogens (primary N) is 1. The fourth-order valence-electron chi connectivity index (χ4n) is 2.26. The van der Waals surface area contributed by atoms with Crippen molar-refractivity contribution in [1.82, 2.24) is 5.06 Å². The third-order valence-electron chi connectivity index (χ3n) is 3.13. The molecule has 0 saturated heterocycles. The Hall–Kier alpha value is -1.64. The molecule has 0 radical (unpaired) electrons. The first kappa shape index (κ1) is 16.4. The molecule has 0 aliphatic heterocycles. The van der Waals surface area contributed by atoms with E-state index in [2.05, 4.69) is 0 Å². The van der Waals surface area contributed by atoms with Crippen molar-refractivity contribution >= 4 is 16.1 Å². The van der Waals surface area contributed by atoms with Gasteiger partial charge in [-0.3, -0.25) is 9.76 Å². The quantitative estimate of drug-likeness (QED) is 0.433. The van der Waals surface area contributed by atoms with E-state index < -0.39 is 21.0 Å². The Labute approximate surface area is 117 Å². The highest BCUT2D eigenvalue weighted by Gasteiger charge is 2.52. The first-order valence-electron chi connectivity index (χ1n) is 6.00. The van der Waals surface area contributed by atoms with Crippen LogP contribution in [0.25, 0.3) is 0 Å². The highest BCUT2D eigenvalue weighted by molar-refractivity contribution is 7.86. The zero-order valence-electron chi connectivity index (χ0n) is 11.3. The zero-order chi connectivity index (χ0) is 15.6. The fourth-order valence-corrected chi connectivity index (χ4v) is 3.54. The minimum absolute atomic E-state index is 0.102. The van der Waals surface area contributed by atoms with E-state index in [9.17, 15) is 23.0 Å². The van der Waals surface area contributed by atoms with Crippen LogP contribution in [0.5, 0.6) is 0 Å². The summed E-state index contributed by atoms with van der Waals surface area (Å²) in [5.74, 6) is 0. The highest BCUT2D eigenvalue weighted by atomic mass is 32.2. The summed E-state index contributed by atoms with van der Waals surface area (Å²) in [5.41, 5.74) is 5.60. The van der Waals surface area contributed by atoms with Crippen molar-refractivity contribution in [3.63, 3.8) is 0 Å². The van der Waals surface area contributed by atoms with Crippen LogP contribution in [0.4, 0.5) is 4.79 Å². The Morgan fingerprint density at radius 1 is 1.40 bits per heavy atom. The lowest BCUT2D eigenvalue weighted by Gasteiger charge is -2.37. The number of primary amides is 1. The second-order valence-electron chi connectivity index (χ2n) is 4.47. The van der Waals surface area contributed by atoms with Crippen LogP contribution in [-0.4, -0.2) is 29.3 Å². The Bertz CT molecular complexity index is 602. The Morgan fingerprint density at radius 3 is 2.35 bits per heavy atom. The lowest BCUT2D eigenvalue weighted by Crippen LogP contribution is -2.54. The van der Waals surface area contributed by atoms with Gasteiger partial charge in [-0.2, -0.15) is 13.5 Å². The molecular weight excluding hydrogens is 284 g/mol. The van der Waals surface area contributed by atoms with E-state index in [0.29, 0.717) is 12.0 Å². The minimum Gasteiger partial charge on any atom is -0.350 e. The molecule has 0 saturated carbocycles. The molecule has 0 fully saturated rings. The van der Waals surface area contributed by atoms with Crippen LogP contribution in [-0.2, 0) is 15.0 Å². The van der Waals surface area contributed by atoms with Crippen molar-refractivity contribution < 1.29 is 23.0 Å². The molecule has 0 heterocycles. The van der Waals surface area contributed by atoms with Gasteiger partial charge in [0.1, 0.15) is 0 Å². The van der Waals surface area contributed by atoms with E-state index in [1.54, 1.807) is 32.0 Å². The maximum Gasteiger partial charge on any atom is 0.340 e. The summed E-state index contributed by atoms with van der Waals surface area (Å²) in [7, 11) is -4.83. The zero-order valence-corrected chi connectivity index (χ0v) is 12.1. The van der Waals surface area contributed by atoms with Gasteiger partial charge in [0.25, 0.3) is 10.1 Å². The second kappa shape index (κ2) is 5.78. The third kappa shape index (κ3) is 2.62. The number of urea groups is 1. The van der Waals surface area contributed by atoms with Crippen LogP contribution >= 0.6 is 0 Å². The summed E-state index contributed by atoms with van der Waals surface area (Å²) < 4.78 is 33.4. The number of benzene rings is 1. The van der Waals surface area contributed by atoms with Crippen molar-refractivity contribution in [3.05, 3.63) is 35.4 Å². The number of amides is 2. The predicted octanol–water partition coefficient (Wildman–Crippen LogP) is 1.61. The normalized spacial score (nSPS) is 14.6. The van der Waals surface area contributed by atoms with Gasteiger partial charge >= 0.3 is 6.03 Å². The van der Waals surface area contributed by atoms with Crippen LogP contribution in [0.15, 0.2) is 24.3 Å². The number of carbonyl (C=O) groups is 1. The number of hydroxylamine groups is 2. The van der Waals surface area contributed by atoms with Gasteiger partial charge in [-0.15, -0.1) is 0 Å². The molecule has 20 heavy (non-hydrogen) atoms. The van der Waals surface area contributed by atoms with Crippen LogP contribution in [0.1, 0.15) is 30.9 Å². The van der Waals surface area contributed by atoms with Crippen molar-refractivity contribution in [2.75, 3.05) is 0 Å². The number of nitrogens with zero attached hydrogens (tertiary/aromatic N) is 1. The van der Waals surface area contributed by atoms with Crippen molar-refractivity contribution in [2.45, 2.75) is 31.6 Å². The van der Waals surface area contributed by atoms with Gasteiger partial charge in [0, 0.05) is 5.56 Å². The molecular formula is C12H18N2O5S. The van der Waals surface area contributed by atoms with E-state index in [1.807, 2.05) is 0 Å². The van der Waals surface area contributed by atoms with Crippen LogP contribution in [0.2, 0.25) is 0 Å². The number of rotatable bonds is 5. The van der Waals surface area contributed by atoms with Crippen LogP contribution in [0, 0.1) is 6.92 Å². The molecule has 7 nitrogen and oxygen atoms in total. The molecule has 1 aromatic carbocycles. The van der Waals surface area contributed by atoms with E-state index >= 15 is 0 Å². The number of aryl methyl sites for hydroxylation is 1. The first-order valence-corrected chi connectivity index (χ1v) is 7.44. The summed E-state index contributed by atoms with van der Waals surface area (Å²) in [6.07, 6.45) is 0.0919. The molecule has 1 unspecified atom stereocenters. The van der Waals surface area contributed by atoms with Gasteiger partial charge < -0.3 is 5.73 Å². The molecule has 0 spiro atoms. The summed E-state index contributed by atoms with van der Waals surface area (Å²) >= 11 is 0. The van der Waals surface area contributed by atoms with Gasteiger partial charge in [0.2, 0.25) is 4.87 Å². The maximum absolute atomic E-state index is 11.9. The smallest absolute Gasteiger partial charge is 0.340 e. The monoisotopic (exact) mass is 302 g/mol. The number of hydrogen-bond acceptors (Lipinski definition) is 4. The van der Waals surface area contributed by atoms with Gasteiger partial charge in [-0.05, 0) is 18.9 Å². The maximum atomic E-state index is 11.9. The molecule has 112 valence electrons. The molecule has 0 aliphatic rings. The first-order chi connectivity index (χ1) is 9.18. The number of carbonyl (C=O) groups excluding carboxylic acids is 1. The van der Waals surface area contributed by atoms with Gasteiger partial charge in [-0.1, -0.05) is 37.6 Å². The second-order valence-corrected chi connectivity index (χ2v) is 6.10. The largest absolute Gasteiger partial charge is 0.350 e. The molecule has 0 bridgehead atoms. The van der Waals surface area contributed by atoms with Gasteiger partial charge in [0.05, 0.1) is 0 Å². The van der Waals surface area contributed by atoms with Gasteiger partial charge in [0.15, 0.2) is 0 Å². The molecule has 1 rings (SSSR count). The van der Waals surface area contributed by atoms with E-state index in [4.69, 9.17) is 5.73 Å². The predicted molar refractivity (Wildman–Crippen MR) is 72.5 cm³/mol. The molecule has 1 atom stereocenters. The molecule has 2 amide bonds. The Morgan fingerprint density at radius 2 is 1.95 bits per heavy atom. The summed E-state index contributed by atoms with van der Waals surface area (Å²) in [4.78, 5) is 8.97. The average molecular weight is 302 g/mol. The number of hydrogen-bond donors (Lipinski definition) is 3. The Balaban J connectivity index is 3.72. The average Bonchev–Trinajstić information content (AvgIpc) is 2.34. The van der Waals surface area contributed by atoms with E-state index in [-0.39, 0.29) is 17.0 Å². The Kier molecular flexibility index (Phi) is 4.74. The molecule has 1 aromatic rings. The fraction of sp³-hybridized carbons (Fsp3) is 0.417. The SMILES string of the molecule is CCCC(c1ccccc1C)(N(O)C(N)=O)S(=O)(=O)O. The van der Waals surface area contributed by atoms with E-state index in [0.717, 1.165) is 0 Å². The topological polar surface area (TPSA) is 121 Å². The third-order valence-corrected chi connectivity index (χ3v) is 4.58. The summed E-state index contributed by atoms with van der Waals surface area (Å²) in [6, 6.07) is 4.89. The van der Waals surface area contributed by atoms with Crippen LogP contribution in [0.3, 0.4) is 0 Å². The van der Waals surface area contributed by atoms with Crippen LogP contribution < -0.4 is 5.73 Å². The minimum atomic E-state index is -4.83. The van der Waals surface area contributed by atoms with Crippen molar-refractivity contribution in [3.8, 4) is 0 Å².